The zero-order chi connectivity index (χ0) is 33.4. The van der Waals surface area contributed by atoms with Crippen LogP contribution in [0.5, 0.6) is 0 Å². The molecule has 0 amide bonds. The van der Waals surface area contributed by atoms with Crippen LogP contribution in [0.4, 0.5) is 0 Å². The Hall–Kier alpha value is -6.39. The van der Waals surface area contributed by atoms with Crippen molar-refractivity contribution in [1.82, 2.24) is 15.0 Å². The summed E-state index contributed by atoms with van der Waals surface area (Å²) < 4.78 is 6.14. The van der Waals surface area contributed by atoms with Gasteiger partial charge in [0.25, 0.3) is 0 Å². The van der Waals surface area contributed by atoms with Crippen LogP contribution in [0.15, 0.2) is 156 Å². The second-order valence-electron chi connectivity index (χ2n) is 13.6. The molecule has 4 heteroatoms. The highest BCUT2D eigenvalue weighted by Crippen LogP contribution is 2.54. The summed E-state index contributed by atoms with van der Waals surface area (Å²) in [7, 11) is 0. The van der Waals surface area contributed by atoms with Crippen molar-refractivity contribution in [1.29, 1.82) is 0 Å². The summed E-state index contributed by atoms with van der Waals surface area (Å²) in [5.41, 5.74) is 11.8. The number of hydrogen-bond donors (Lipinski definition) is 0. The van der Waals surface area contributed by atoms with Crippen molar-refractivity contribution >= 4 is 32.7 Å². The van der Waals surface area contributed by atoms with Crippen molar-refractivity contribution < 1.29 is 4.42 Å². The lowest BCUT2D eigenvalue weighted by Gasteiger charge is -2.23. The van der Waals surface area contributed by atoms with Crippen LogP contribution in [0.1, 0.15) is 25.0 Å². The predicted molar refractivity (Wildman–Crippen MR) is 204 cm³/mol. The minimum Gasteiger partial charge on any atom is -0.456 e. The number of nitrogens with zero attached hydrogens (tertiary/aromatic N) is 3. The summed E-state index contributed by atoms with van der Waals surface area (Å²) in [6, 6.07) is 53.1. The van der Waals surface area contributed by atoms with E-state index < -0.39 is 0 Å². The molecule has 0 aliphatic heterocycles. The largest absolute Gasteiger partial charge is 0.456 e. The molecule has 1 aliphatic rings. The van der Waals surface area contributed by atoms with E-state index in [4.69, 9.17) is 19.4 Å². The molecule has 0 saturated heterocycles. The van der Waals surface area contributed by atoms with Gasteiger partial charge in [-0.1, -0.05) is 135 Å². The summed E-state index contributed by atoms with van der Waals surface area (Å²) >= 11 is 0. The van der Waals surface area contributed by atoms with E-state index >= 15 is 0 Å². The number of furan rings is 1. The van der Waals surface area contributed by atoms with Gasteiger partial charge in [0, 0.05) is 32.9 Å². The van der Waals surface area contributed by atoms with Gasteiger partial charge in [-0.05, 0) is 74.5 Å². The fraction of sp³-hybridized carbons (Fsp3) is 0.0652. The molecule has 2 heterocycles. The SMILES string of the molecule is CC1(C)c2cccc(-c3nc(-c4ccccc4)nc(-c4ccc5oc6ccccc6c5c4)n3)c2-c2ccc3ccc(-c4ccccc4)cc3c21. The van der Waals surface area contributed by atoms with Crippen molar-refractivity contribution in [2.75, 3.05) is 0 Å². The van der Waals surface area contributed by atoms with Crippen LogP contribution in [0.3, 0.4) is 0 Å². The Morgan fingerprint density at radius 1 is 0.440 bits per heavy atom. The second-order valence-corrected chi connectivity index (χ2v) is 13.6. The first kappa shape index (κ1) is 28.6. The number of benzene rings is 7. The standard InChI is InChI=1S/C46H31N3O/c1-46(2)38-18-11-17-35(41(38)34-24-22-29-20-21-31(26-36(29)42(34)46)28-12-5-3-6-13-28)45-48-43(30-14-7-4-8-15-30)47-44(49-45)32-23-25-40-37(27-32)33-16-9-10-19-39(33)50-40/h3-27H,1-2H3. The van der Waals surface area contributed by atoms with Gasteiger partial charge in [0.15, 0.2) is 17.5 Å². The molecule has 0 unspecified atom stereocenters. The van der Waals surface area contributed by atoms with Gasteiger partial charge in [0.2, 0.25) is 0 Å². The van der Waals surface area contributed by atoms with Crippen molar-refractivity contribution in [2.24, 2.45) is 0 Å². The lowest BCUT2D eigenvalue weighted by Crippen LogP contribution is -2.15. The summed E-state index contributed by atoms with van der Waals surface area (Å²) in [5.74, 6) is 1.93. The van der Waals surface area contributed by atoms with Crippen LogP contribution < -0.4 is 0 Å². The minimum absolute atomic E-state index is 0.235. The quantitative estimate of drug-likeness (QED) is 0.192. The second kappa shape index (κ2) is 10.8. The molecule has 9 aromatic rings. The molecule has 4 nitrogen and oxygen atoms in total. The third kappa shape index (κ3) is 4.35. The molecule has 2 aromatic heterocycles. The smallest absolute Gasteiger partial charge is 0.164 e. The monoisotopic (exact) mass is 641 g/mol. The molecule has 7 aromatic carbocycles. The summed E-state index contributed by atoms with van der Waals surface area (Å²) in [4.78, 5) is 15.5. The number of para-hydroxylation sites is 1. The molecule has 1 aliphatic carbocycles. The third-order valence-electron chi connectivity index (χ3n) is 10.3. The number of hydrogen-bond acceptors (Lipinski definition) is 4. The normalized spacial score (nSPS) is 13.2. The molecule has 0 radical (unpaired) electrons. The lowest BCUT2D eigenvalue weighted by atomic mass is 9.79. The fourth-order valence-corrected chi connectivity index (χ4v) is 7.90. The summed E-state index contributed by atoms with van der Waals surface area (Å²) in [6.45, 7) is 4.68. The van der Waals surface area contributed by atoms with Gasteiger partial charge >= 0.3 is 0 Å². The number of aromatic nitrogens is 3. The first-order valence-electron chi connectivity index (χ1n) is 17.0. The van der Waals surface area contributed by atoms with Crippen LogP contribution >= 0.6 is 0 Å². The highest BCUT2D eigenvalue weighted by Gasteiger charge is 2.39. The van der Waals surface area contributed by atoms with Crippen molar-refractivity contribution in [3.8, 4) is 56.4 Å². The summed E-state index contributed by atoms with van der Waals surface area (Å²) in [5, 5.41) is 4.63. The van der Waals surface area contributed by atoms with Crippen LogP contribution in [0, 0.1) is 0 Å². The van der Waals surface area contributed by atoms with Crippen LogP contribution in [-0.4, -0.2) is 15.0 Å². The van der Waals surface area contributed by atoms with Crippen molar-refractivity contribution in [3.05, 3.63) is 163 Å². The van der Waals surface area contributed by atoms with Crippen molar-refractivity contribution in [3.63, 3.8) is 0 Å². The summed E-state index contributed by atoms with van der Waals surface area (Å²) in [6.07, 6.45) is 0. The van der Waals surface area contributed by atoms with Crippen LogP contribution in [0.2, 0.25) is 0 Å². The molecule has 0 fully saturated rings. The molecule has 0 spiro atoms. The Kier molecular flexibility index (Phi) is 6.19. The van der Waals surface area contributed by atoms with Gasteiger partial charge in [0.1, 0.15) is 11.2 Å². The highest BCUT2D eigenvalue weighted by molar-refractivity contribution is 6.06. The molecule has 0 bridgehead atoms. The fourth-order valence-electron chi connectivity index (χ4n) is 7.90. The van der Waals surface area contributed by atoms with Gasteiger partial charge in [-0.3, -0.25) is 0 Å². The van der Waals surface area contributed by atoms with Crippen LogP contribution in [-0.2, 0) is 5.41 Å². The molecule has 0 N–H and O–H groups in total. The predicted octanol–water partition coefficient (Wildman–Crippen LogP) is 11.9. The molecule has 0 atom stereocenters. The number of rotatable bonds is 4. The average Bonchev–Trinajstić information content (AvgIpc) is 3.66. The highest BCUT2D eigenvalue weighted by atomic mass is 16.3. The Bertz CT molecular complexity index is 2780. The average molecular weight is 642 g/mol. The zero-order valence-electron chi connectivity index (χ0n) is 27.7. The topological polar surface area (TPSA) is 51.8 Å². The van der Waals surface area contributed by atoms with Gasteiger partial charge in [0.05, 0.1) is 0 Å². The molecular weight excluding hydrogens is 611 g/mol. The van der Waals surface area contributed by atoms with E-state index in [0.29, 0.717) is 17.5 Å². The first-order valence-corrected chi connectivity index (χ1v) is 17.0. The van der Waals surface area contributed by atoms with Gasteiger partial charge in [-0.2, -0.15) is 0 Å². The Labute approximate surface area is 289 Å². The molecule has 50 heavy (non-hydrogen) atoms. The Morgan fingerprint density at radius 2 is 1.08 bits per heavy atom. The van der Waals surface area contributed by atoms with E-state index in [9.17, 15) is 0 Å². The van der Waals surface area contributed by atoms with Gasteiger partial charge in [-0.25, -0.2) is 15.0 Å². The molecule has 0 saturated carbocycles. The maximum absolute atomic E-state index is 6.14. The van der Waals surface area contributed by atoms with E-state index in [0.717, 1.165) is 38.6 Å². The van der Waals surface area contributed by atoms with E-state index in [1.54, 1.807) is 0 Å². The maximum atomic E-state index is 6.14. The molecular formula is C46H31N3O. The third-order valence-corrected chi connectivity index (χ3v) is 10.3. The first-order chi connectivity index (χ1) is 24.5. The lowest BCUT2D eigenvalue weighted by molar-refractivity contribution is 0.666. The van der Waals surface area contributed by atoms with E-state index in [-0.39, 0.29) is 5.41 Å². The zero-order valence-corrected chi connectivity index (χ0v) is 27.7. The molecule has 236 valence electrons. The minimum atomic E-state index is -0.235. The Balaban J connectivity index is 1.20. The van der Waals surface area contributed by atoms with Crippen molar-refractivity contribution in [2.45, 2.75) is 19.3 Å². The van der Waals surface area contributed by atoms with Gasteiger partial charge < -0.3 is 4.42 Å². The van der Waals surface area contributed by atoms with E-state index in [1.807, 2.05) is 48.5 Å². The maximum Gasteiger partial charge on any atom is 0.164 e. The Morgan fingerprint density at radius 3 is 1.90 bits per heavy atom. The number of fused-ring (bicyclic) bond motifs is 8. The van der Waals surface area contributed by atoms with E-state index in [1.165, 1.54) is 44.2 Å². The van der Waals surface area contributed by atoms with E-state index in [2.05, 4.69) is 117 Å². The van der Waals surface area contributed by atoms with Crippen LogP contribution in [0.25, 0.3) is 89.1 Å². The molecule has 10 rings (SSSR count). The van der Waals surface area contributed by atoms with Gasteiger partial charge in [-0.15, -0.1) is 0 Å².